The minimum atomic E-state index is -0.0763. The Balaban J connectivity index is 2.01. The Kier molecular flexibility index (Phi) is 4.07. The highest BCUT2D eigenvalue weighted by Gasteiger charge is 2.30. The Morgan fingerprint density at radius 3 is 2.67 bits per heavy atom. The third-order valence-electron chi connectivity index (χ3n) is 2.85. The number of hydrogen-bond acceptors (Lipinski definition) is 4. The molecule has 0 aromatic heterocycles. The summed E-state index contributed by atoms with van der Waals surface area (Å²) in [4.78, 5) is 4.08. The number of ether oxygens (including phenoxy) is 2. The molecule has 1 heterocycles. The van der Waals surface area contributed by atoms with Gasteiger partial charge in [-0.05, 0) is 24.5 Å². The van der Waals surface area contributed by atoms with E-state index < -0.39 is 0 Å². The number of hydrogen-bond donors (Lipinski definition) is 1. The fourth-order valence-electron chi connectivity index (χ4n) is 2.02. The lowest BCUT2D eigenvalue weighted by atomic mass is 10.0. The van der Waals surface area contributed by atoms with Crippen LogP contribution in [0.5, 0.6) is 5.75 Å². The summed E-state index contributed by atoms with van der Waals surface area (Å²) in [7, 11) is 0. The van der Waals surface area contributed by atoms with Crippen LogP contribution in [0.2, 0.25) is 0 Å². The Hall–Kier alpha value is -1.71. The maximum Gasteiger partial charge on any atom is 0.282 e. The van der Waals surface area contributed by atoms with Crippen LogP contribution in [0.15, 0.2) is 35.3 Å². The van der Waals surface area contributed by atoms with Crippen molar-refractivity contribution in [1.29, 1.82) is 0 Å². The quantitative estimate of drug-likeness (QED) is 0.869. The zero-order valence-corrected chi connectivity index (χ0v) is 10.9. The van der Waals surface area contributed by atoms with Crippen molar-refractivity contribution in [3.63, 3.8) is 0 Å². The van der Waals surface area contributed by atoms with Gasteiger partial charge < -0.3 is 15.2 Å². The van der Waals surface area contributed by atoms with Gasteiger partial charge in [-0.3, -0.25) is 0 Å². The van der Waals surface area contributed by atoms with Gasteiger partial charge in [-0.25, -0.2) is 4.99 Å². The van der Waals surface area contributed by atoms with Gasteiger partial charge >= 0.3 is 0 Å². The average molecular weight is 248 g/mol. The van der Waals surface area contributed by atoms with E-state index in [1.54, 1.807) is 0 Å². The van der Waals surface area contributed by atoms with Gasteiger partial charge in [-0.2, -0.15) is 0 Å². The fourth-order valence-corrected chi connectivity index (χ4v) is 2.02. The van der Waals surface area contributed by atoms with Gasteiger partial charge in [0.05, 0.1) is 6.54 Å². The predicted molar refractivity (Wildman–Crippen MR) is 71.7 cm³/mol. The molecule has 0 amide bonds. The van der Waals surface area contributed by atoms with Gasteiger partial charge in [0.25, 0.3) is 6.02 Å². The van der Waals surface area contributed by atoms with Crippen LogP contribution in [0.25, 0.3) is 0 Å². The molecule has 2 unspecified atom stereocenters. The monoisotopic (exact) mass is 248 g/mol. The minimum absolute atomic E-state index is 0.0165. The maximum absolute atomic E-state index is 6.00. The second-order valence-electron chi connectivity index (χ2n) is 4.93. The molecule has 2 rings (SSSR count). The van der Waals surface area contributed by atoms with Crippen molar-refractivity contribution < 1.29 is 9.47 Å². The summed E-state index contributed by atoms with van der Waals surface area (Å²) < 4.78 is 11.5. The van der Waals surface area contributed by atoms with Crippen LogP contribution in [0.3, 0.4) is 0 Å². The first-order valence-corrected chi connectivity index (χ1v) is 6.33. The molecule has 1 aliphatic heterocycles. The van der Waals surface area contributed by atoms with Crippen molar-refractivity contribution in [2.24, 2.45) is 16.6 Å². The van der Waals surface area contributed by atoms with Crippen LogP contribution in [0, 0.1) is 5.92 Å². The molecular weight excluding hydrogens is 228 g/mol. The summed E-state index contributed by atoms with van der Waals surface area (Å²) in [5, 5.41) is 0. The van der Waals surface area contributed by atoms with Gasteiger partial charge in [0.2, 0.25) is 0 Å². The van der Waals surface area contributed by atoms with Crippen molar-refractivity contribution in [1.82, 2.24) is 0 Å². The van der Waals surface area contributed by atoms with E-state index in [1.165, 1.54) is 0 Å². The van der Waals surface area contributed by atoms with Crippen LogP contribution < -0.4 is 10.5 Å². The number of amidine groups is 1. The SMILES string of the molecule is CC(C)CC(Oc1ccccc1)C1CN=C(N)O1. The zero-order valence-electron chi connectivity index (χ0n) is 10.9. The molecule has 4 heteroatoms. The van der Waals surface area contributed by atoms with Crippen LogP contribution in [0.1, 0.15) is 20.3 Å². The number of nitrogens with zero attached hydrogens (tertiary/aromatic N) is 1. The maximum atomic E-state index is 6.00. The number of para-hydroxylation sites is 1. The molecule has 0 saturated carbocycles. The summed E-state index contributed by atoms with van der Waals surface area (Å²) >= 11 is 0. The van der Waals surface area contributed by atoms with Gasteiger partial charge in [-0.1, -0.05) is 32.0 Å². The summed E-state index contributed by atoms with van der Waals surface area (Å²) in [6, 6.07) is 10.1. The summed E-state index contributed by atoms with van der Waals surface area (Å²) in [5.74, 6) is 1.39. The first kappa shape index (κ1) is 12.7. The van der Waals surface area contributed by atoms with Gasteiger partial charge in [0.15, 0.2) is 6.10 Å². The molecule has 0 fully saturated rings. The van der Waals surface area contributed by atoms with Crippen LogP contribution >= 0.6 is 0 Å². The van der Waals surface area contributed by atoms with E-state index in [4.69, 9.17) is 15.2 Å². The summed E-state index contributed by atoms with van der Waals surface area (Å²) in [5.41, 5.74) is 5.56. The molecular formula is C14H20N2O2. The molecule has 18 heavy (non-hydrogen) atoms. The van der Waals surface area contributed by atoms with Gasteiger partial charge in [0, 0.05) is 0 Å². The standard InChI is InChI=1S/C14H20N2O2/c1-10(2)8-12(13-9-16-14(15)18-13)17-11-6-4-3-5-7-11/h3-7,10,12-13H,8-9H2,1-2H3,(H2,15,16). The molecule has 2 atom stereocenters. The molecule has 98 valence electrons. The summed E-state index contributed by atoms with van der Waals surface area (Å²) in [6.07, 6.45) is 0.826. The first-order valence-electron chi connectivity index (χ1n) is 6.33. The Bertz CT molecular complexity index is 404. The Morgan fingerprint density at radius 2 is 2.11 bits per heavy atom. The molecule has 2 N–H and O–H groups in total. The molecule has 0 saturated heterocycles. The molecule has 4 nitrogen and oxygen atoms in total. The van der Waals surface area contributed by atoms with Crippen molar-refractivity contribution in [2.45, 2.75) is 32.5 Å². The third kappa shape index (κ3) is 3.39. The van der Waals surface area contributed by atoms with E-state index in [-0.39, 0.29) is 18.2 Å². The van der Waals surface area contributed by atoms with Gasteiger partial charge in [-0.15, -0.1) is 0 Å². The van der Waals surface area contributed by atoms with Crippen molar-refractivity contribution >= 4 is 6.02 Å². The predicted octanol–water partition coefficient (Wildman–Crippen LogP) is 2.19. The van der Waals surface area contributed by atoms with Crippen LogP contribution in [0.4, 0.5) is 0 Å². The van der Waals surface area contributed by atoms with Gasteiger partial charge in [0.1, 0.15) is 11.9 Å². The Labute approximate surface area is 108 Å². The second-order valence-corrected chi connectivity index (χ2v) is 4.93. The molecule has 0 radical (unpaired) electrons. The second kappa shape index (κ2) is 5.76. The first-order chi connectivity index (χ1) is 8.65. The average Bonchev–Trinajstić information content (AvgIpc) is 2.76. The minimum Gasteiger partial charge on any atom is -0.486 e. The lowest BCUT2D eigenvalue weighted by Crippen LogP contribution is -2.36. The molecule has 1 aliphatic rings. The molecule has 1 aromatic carbocycles. The van der Waals surface area contributed by atoms with E-state index >= 15 is 0 Å². The third-order valence-corrected chi connectivity index (χ3v) is 2.85. The van der Waals surface area contributed by atoms with Crippen molar-refractivity contribution in [2.75, 3.05) is 6.54 Å². The molecule has 0 aliphatic carbocycles. The lowest BCUT2D eigenvalue weighted by Gasteiger charge is -2.25. The van der Waals surface area contributed by atoms with E-state index in [1.807, 2.05) is 30.3 Å². The largest absolute Gasteiger partial charge is 0.486 e. The van der Waals surface area contributed by atoms with E-state index in [9.17, 15) is 0 Å². The summed E-state index contributed by atoms with van der Waals surface area (Å²) in [6.45, 7) is 4.91. The number of aliphatic imine (C=N–C) groups is 1. The highest BCUT2D eigenvalue weighted by Crippen LogP contribution is 2.21. The van der Waals surface area contributed by atoms with Crippen LogP contribution in [-0.4, -0.2) is 24.8 Å². The fraction of sp³-hybridized carbons (Fsp3) is 0.500. The smallest absolute Gasteiger partial charge is 0.282 e. The molecule has 0 spiro atoms. The normalized spacial score (nSPS) is 20.4. The lowest BCUT2D eigenvalue weighted by molar-refractivity contribution is 0.0496. The van der Waals surface area contributed by atoms with Crippen molar-refractivity contribution in [3.05, 3.63) is 30.3 Å². The topological polar surface area (TPSA) is 56.8 Å². The van der Waals surface area contributed by atoms with Crippen LogP contribution in [-0.2, 0) is 4.74 Å². The van der Waals surface area contributed by atoms with E-state index in [0.717, 1.165) is 12.2 Å². The molecule has 1 aromatic rings. The number of rotatable bonds is 5. The number of nitrogens with two attached hydrogens (primary N) is 1. The van der Waals surface area contributed by atoms with E-state index in [0.29, 0.717) is 12.5 Å². The highest BCUT2D eigenvalue weighted by molar-refractivity contribution is 5.73. The number of benzene rings is 1. The van der Waals surface area contributed by atoms with E-state index in [2.05, 4.69) is 18.8 Å². The Morgan fingerprint density at radius 1 is 1.39 bits per heavy atom. The van der Waals surface area contributed by atoms with Crippen molar-refractivity contribution in [3.8, 4) is 5.75 Å². The zero-order chi connectivity index (χ0) is 13.0. The molecule has 0 bridgehead atoms. The highest BCUT2D eigenvalue weighted by atomic mass is 16.6.